The largest absolute Gasteiger partial charge is 0.384 e. The van der Waals surface area contributed by atoms with Gasteiger partial charge in [0.1, 0.15) is 0 Å². The highest BCUT2D eigenvalue weighted by atomic mass is 15.3. The van der Waals surface area contributed by atoms with Crippen LogP contribution in [0.2, 0.25) is 0 Å². The maximum atomic E-state index is 4.45. The van der Waals surface area contributed by atoms with E-state index in [0.717, 1.165) is 32.6 Å². The number of para-hydroxylation sites is 1. The first-order valence-corrected chi connectivity index (χ1v) is 10.4. The Morgan fingerprint density at radius 2 is 2.22 bits per heavy atom. The number of nitrogens with one attached hydrogen (secondary N) is 1. The minimum Gasteiger partial charge on any atom is -0.384 e. The molecule has 0 amide bonds. The molecule has 2 aliphatic heterocycles. The van der Waals surface area contributed by atoms with Crippen molar-refractivity contribution in [1.82, 2.24) is 19.6 Å². The molecule has 1 N–H and O–H groups in total. The van der Waals surface area contributed by atoms with E-state index in [1.165, 1.54) is 41.8 Å². The Labute approximate surface area is 163 Å². The molecule has 0 saturated carbocycles. The van der Waals surface area contributed by atoms with Gasteiger partial charge in [0.25, 0.3) is 0 Å². The molecule has 27 heavy (non-hydrogen) atoms. The van der Waals surface area contributed by atoms with Crippen LogP contribution in [0.1, 0.15) is 42.5 Å². The number of nitrogens with zero attached hydrogens (tertiary/aromatic N) is 4. The molecule has 1 aromatic heterocycles. The fourth-order valence-corrected chi connectivity index (χ4v) is 5.07. The van der Waals surface area contributed by atoms with Crippen molar-refractivity contribution in [2.75, 3.05) is 38.5 Å². The summed E-state index contributed by atoms with van der Waals surface area (Å²) in [7, 11) is 4.30. The maximum Gasteiger partial charge on any atom is 0.0537 e. The zero-order valence-corrected chi connectivity index (χ0v) is 17.0. The van der Waals surface area contributed by atoms with Crippen LogP contribution in [0.15, 0.2) is 30.6 Å². The molecule has 0 aliphatic carbocycles. The molecule has 1 saturated heterocycles. The van der Waals surface area contributed by atoms with Crippen LogP contribution in [0, 0.1) is 5.92 Å². The molecular weight excluding hydrogens is 334 g/mol. The average Bonchev–Trinajstić information content (AvgIpc) is 3.31. The molecule has 4 rings (SSSR count). The lowest BCUT2D eigenvalue weighted by molar-refractivity contribution is 0.0749. The van der Waals surface area contributed by atoms with Gasteiger partial charge in [-0.1, -0.05) is 25.1 Å². The number of anilines is 1. The predicted octanol–water partition coefficient (Wildman–Crippen LogP) is 3.29. The van der Waals surface area contributed by atoms with E-state index in [9.17, 15) is 0 Å². The molecule has 1 fully saturated rings. The van der Waals surface area contributed by atoms with Crippen molar-refractivity contribution in [3.63, 3.8) is 0 Å². The summed E-state index contributed by atoms with van der Waals surface area (Å²) in [4.78, 5) is 5.16. The van der Waals surface area contributed by atoms with Crippen LogP contribution < -0.4 is 5.32 Å². The number of benzene rings is 1. The number of aryl methyl sites for hydroxylation is 1. The summed E-state index contributed by atoms with van der Waals surface area (Å²) in [6.07, 6.45) is 8.03. The number of piperidine rings is 1. The predicted molar refractivity (Wildman–Crippen MR) is 111 cm³/mol. The van der Waals surface area contributed by atoms with E-state index in [1.807, 2.05) is 11.7 Å². The Kier molecular flexibility index (Phi) is 5.50. The number of aromatic nitrogens is 2. The van der Waals surface area contributed by atoms with E-state index in [1.54, 1.807) is 0 Å². The third-order valence-electron chi connectivity index (χ3n) is 6.25. The Morgan fingerprint density at radius 3 is 3.00 bits per heavy atom. The lowest BCUT2D eigenvalue weighted by Gasteiger charge is -2.42. The number of hydrogen-bond donors (Lipinski definition) is 1. The number of hydrogen-bond acceptors (Lipinski definition) is 4. The standard InChI is InChI=1S/C22H33N5/c1-4-27-12-6-9-19(22(27)20-13-24-26(3)16-20)15-25(2)14-18-8-5-7-17-10-11-23-21(17)18/h5,7-8,13,16,19,22-23H,4,6,9-12,14-15H2,1-3H3/t19-,22+/m0/s1. The van der Waals surface area contributed by atoms with E-state index in [2.05, 4.69) is 64.8 Å². The van der Waals surface area contributed by atoms with Gasteiger partial charge in [-0.05, 0) is 56.4 Å². The van der Waals surface area contributed by atoms with Crippen LogP contribution >= 0.6 is 0 Å². The molecule has 5 nitrogen and oxygen atoms in total. The van der Waals surface area contributed by atoms with Crippen molar-refractivity contribution in [2.45, 2.75) is 38.8 Å². The number of rotatable bonds is 6. The molecule has 3 heterocycles. The van der Waals surface area contributed by atoms with Gasteiger partial charge in [-0.2, -0.15) is 5.10 Å². The van der Waals surface area contributed by atoms with Gasteiger partial charge in [0.05, 0.1) is 6.20 Å². The van der Waals surface area contributed by atoms with E-state index in [-0.39, 0.29) is 0 Å². The summed E-state index contributed by atoms with van der Waals surface area (Å²) in [5, 5.41) is 8.03. The second-order valence-electron chi connectivity index (χ2n) is 8.25. The summed E-state index contributed by atoms with van der Waals surface area (Å²) in [6.45, 7) is 7.81. The Balaban J connectivity index is 1.49. The molecular formula is C22H33N5. The lowest BCUT2D eigenvalue weighted by atomic mass is 9.85. The molecule has 1 aromatic carbocycles. The van der Waals surface area contributed by atoms with Crippen molar-refractivity contribution in [3.05, 3.63) is 47.3 Å². The zero-order chi connectivity index (χ0) is 18.8. The van der Waals surface area contributed by atoms with Gasteiger partial charge in [-0.25, -0.2) is 0 Å². The summed E-state index contributed by atoms with van der Waals surface area (Å²) in [5.74, 6) is 0.651. The summed E-state index contributed by atoms with van der Waals surface area (Å²) >= 11 is 0. The SMILES string of the molecule is CCN1CCC[C@@H](CN(C)Cc2cccc3c2NCC3)[C@@H]1c1cnn(C)c1. The van der Waals surface area contributed by atoms with Gasteiger partial charge in [0.2, 0.25) is 0 Å². The maximum absolute atomic E-state index is 4.45. The molecule has 0 bridgehead atoms. The minimum absolute atomic E-state index is 0.486. The summed E-state index contributed by atoms with van der Waals surface area (Å²) < 4.78 is 1.94. The van der Waals surface area contributed by atoms with Gasteiger partial charge < -0.3 is 10.2 Å². The lowest BCUT2D eigenvalue weighted by Crippen LogP contribution is -2.42. The van der Waals surface area contributed by atoms with Crippen LogP contribution in [0.3, 0.4) is 0 Å². The van der Waals surface area contributed by atoms with Crippen molar-refractivity contribution in [2.24, 2.45) is 13.0 Å². The van der Waals surface area contributed by atoms with Crippen molar-refractivity contribution < 1.29 is 0 Å². The van der Waals surface area contributed by atoms with E-state index in [0.29, 0.717) is 12.0 Å². The van der Waals surface area contributed by atoms with Crippen molar-refractivity contribution in [3.8, 4) is 0 Å². The second kappa shape index (κ2) is 8.03. The third-order valence-corrected chi connectivity index (χ3v) is 6.25. The Morgan fingerprint density at radius 1 is 1.33 bits per heavy atom. The first-order valence-electron chi connectivity index (χ1n) is 10.4. The Bertz CT molecular complexity index is 768. The third kappa shape index (κ3) is 3.90. The van der Waals surface area contributed by atoms with Gasteiger partial charge >= 0.3 is 0 Å². The molecule has 5 heteroatoms. The monoisotopic (exact) mass is 367 g/mol. The molecule has 146 valence electrons. The van der Waals surface area contributed by atoms with E-state index < -0.39 is 0 Å². The first kappa shape index (κ1) is 18.5. The zero-order valence-electron chi connectivity index (χ0n) is 17.0. The van der Waals surface area contributed by atoms with Gasteiger partial charge in [-0.15, -0.1) is 0 Å². The molecule has 0 radical (unpaired) electrons. The molecule has 0 unspecified atom stereocenters. The first-order chi connectivity index (χ1) is 13.2. The average molecular weight is 368 g/mol. The quantitative estimate of drug-likeness (QED) is 0.850. The van der Waals surface area contributed by atoms with Gasteiger partial charge in [-0.3, -0.25) is 9.58 Å². The molecule has 2 aromatic rings. The smallest absolute Gasteiger partial charge is 0.0537 e. The highest BCUT2D eigenvalue weighted by Crippen LogP contribution is 2.36. The number of likely N-dealkylation sites (tertiary alicyclic amines) is 1. The fraction of sp³-hybridized carbons (Fsp3) is 0.591. The van der Waals surface area contributed by atoms with E-state index >= 15 is 0 Å². The molecule has 2 atom stereocenters. The second-order valence-corrected chi connectivity index (χ2v) is 8.25. The van der Waals surface area contributed by atoms with Crippen molar-refractivity contribution in [1.29, 1.82) is 0 Å². The van der Waals surface area contributed by atoms with Crippen LogP contribution in [0.5, 0.6) is 0 Å². The van der Waals surface area contributed by atoms with E-state index in [4.69, 9.17) is 0 Å². The van der Waals surface area contributed by atoms with Crippen LogP contribution in [-0.2, 0) is 20.0 Å². The highest BCUT2D eigenvalue weighted by molar-refractivity contribution is 5.61. The summed E-state index contributed by atoms with van der Waals surface area (Å²) in [6, 6.07) is 7.25. The normalized spacial score (nSPS) is 22.8. The van der Waals surface area contributed by atoms with Crippen LogP contribution in [0.25, 0.3) is 0 Å². The van der Waals surface area contributed by atoms with Crippen LogP contribution in [0.4, 0.5) is 5.69 Å². The van der Waals surface area contributed by atoms with Crippen molar-refractivity contribution >= 4 is 5.69 Å². The summed E-state index contributed by atoms with van der Waals surface area (Å²) in [5.41, 5.74) is 5.67. The van der Waals surface area contributed by atoms with Gasteiger partial charge in [0, 0.05) is 50.2 Å². The Hall–Kier alpha value is -1.85. The molecule has 2 aliphatic rings. The fourth-order valence-electron chi connectivity index (χ4n) is 5.07. The number of fused-ring (bicyclic) bond motifs is 1. The topological polar surface area (TPSA) is 36.3 Å². The minimum atomic E-state index is 0.486. The highest BCUT2D eigenvalue weighted by Gasteiger charge is 2.33. The molecule has 0 spiro atoms. The van der Waals surface area contributed by atoms with Gasteiger partial charge in [0.15, 0.2) is 0 Å². The van der Waals surface area contributed by atoms with Crippen LogP contribution in [-0.4, -0.2) is 52.8 Å².